The first kappa shape index (κ1) is 12.8. The van der Waals surface area contributed by atoms with Crippen LogP contribution in [0, 0.1) is 0 Å². The molecule has 0 radical (unpaired) electrons. The van der Waals surface area contributed by atoms with Gasteiger partial charge in [0.05, 0.1) is 5.69 Å². The van der Waals surface area contributed by atoms with Gasteiger partial charge in [-0.2, -0.15) is 5.10 Å². The van der Waals surface area contributed by atoms with Crippen molar-refractivity contribution < 1.29 is 0 Å². The molecule has 0 amide bonds. The van der Waals surface area contributed by atoms with Crippen LogP contribution in [0.5, 0.6) is 0 Å². The molecule has 3 heterocycles. The summed E-state index contributed by atoms with van der Waals surface area (Å²) in [7, 11) is 0. The smallest absolute Gasteiger partial charge is 0.267 e. The number of fused-ring (bicyclic) bond motifs is 1. The van der Waals surface area contributed by atoms with Gasteiger partial charge in [-0.25, -0.2) is 4.68 Å². The van der Waals surface area contributed by atoms with E-state index in [1.54, 1.807) is 10.7 Å². The standard InChI is InChI=1S/C14H22N4O/c19-14-10-12-11-15-5-4-13(12)16-18(14)9-3-8-17-6-1-2-7-17/h10,15H,1-9,11H2. The Morgan fingerprint density at radius 1 is 1.26 bits per heavy atom. The summed E-state index contributed by atoms with van der Waals surface area (Å²) in [5, 5.41) is 7.80. The quantitative estimate of drug-likeness (QED) is 0.852. The largest absolute Gasteiger partial charge is 0.312 e. The van der Waals surface area contributed by atoms with Crippen molar-refractivity contribution >= 4 is 0 Å². The maximum Gasteiger partial charge on any atom is 0.267 e. The van der Waals surface area contributed by atoms with Crippen molar-refractivity contribution in [3.05, 3.63) is 27.7 Å². The number of rotatable bonds is 4. The summed E-state index contributed by atoms with van der Waals surface area (Å²) in [6, 6.07) is 1.75. The van der Waals surface area contributed by atoms with Crippen LogP contribution in [-0.2, 0) is 19.5 Å². The summed E-state index contributed by atoms with van der Waals surface area (Å²) in [6.07, 6.45) is 4.60. The molecule has 2 aliphatic rings. The highest BCUT2D eigenvalue weighted by Crippen LogP contribution is 2.09. The van der Waals surface area contributed by atoms with Crippen LogP contribution >= 0.6 is 0 Å². The normalized spacial score (nSPS) is 19.6. The Labute approximate surface area is 113 Å². The predicted octanol–water partition coefficient (Wildman–Crippen LogP) is 0.375. The fourth-order valence-corrected chi connectivity index (χ4v) is 2.97. The van der Waals surface area contributed by atoms with Gasteiger partial charge in [0.15, 0.2) is 0 Å². The maximum absolute atomic E-state index is 12.0. The lowest BCUT2D eigenvalue weighted by atomic mass is 10.1. The second kappa shape index (κ2) is 5.84. The fourth-order valence-electron chi connectivity index (χ4n) is 2.97. The van der Waals surface area contributed by atoms with Crippen LogP contribution in [-0.4, -0.2) is 40.9 Å². The highest BCUT2D eigenvalue weighted by Gasteiger charge is 2.14. The van der Waals surface area contributed by atoms with E-state index in [2.05, 4.69) is 15.3 Å². The predicted molar refractivity (Wildman–Crippen MR) is 74.2 cm³/mol. The number of aryl methyl sites for hydroxylation is 1. The third kappa shape index (κ3) is 3.04. The molecular weight excluding hydrogens is 240 g/mol. The Bertz CT molecular complexity index is 491. The maximum atomic E-state index is 12.0. The molecular formula is C14H22N4O. The number of likely N-dealkylation sites (tertiary alicyclic amines) is 1. The van der Waals surface area contributed by atoms with E-state index in [9.17, 15) is 4.79 Å². The lowest BCUT2D eigenvalue weighted by Gasteiger charge is -2.18. The van der Waals surface area contributed by atoms with Gasteiger partial charge >= 0.3 is 0 Å². The molecule has 5 heteroatoms. The zero-order valence-electron chi connectivity index (χ0n) is 11.4. The highest BCUT2D eigenvalue weighted by atomic mass is 16.1. The van der Waals surface area contributed by atoms with Gasteiger partial charge in [0.1, 0.15) is 0 Å². The molecule has 0 aromatic carbocycles. The average molecular weight is 262 g/mol. The molecule has 5 nitrogen and oxygen atoms in total. The van der Waals surface area contributed by atoms with Crippen molar-refractivity contribution in [1.29, 1.82) is 0 Å². The van der Waals surface area contributed by atoms with Gasteiger partial charge in [-0.05, 0) is 44.5 Å². The van der Waals surface area contributed by atoms with Crippen LogP contribution < -0.4 is 10.9 Å². The zero-order valence-corrected chi connectivity index (χ0v) is 11.4. The van der Waals surface area contributed by atoms with Crippen LogP contribution in [0.1, 0.15) is 30.5 Å². The van der Waals surface area contributed by atoms with E-state index >= 15 is 0 Å². The van der Waals surface area contributed by atoms with E-state index < -0.39 is 0 Å². The fraction of sp³-hybridized carbons (Fsp3) is 0.714. The lowest BCUT2D eigenvalue weighted by molar-refractivity contribution is 0.319. The number of nitrogens with one attached hydrogen (secondary N) is 1. The van der Waals surface area contributed by atoms with Gasteiger partial charge < -0.3 is 10.2 Å². The van der Waals surface area contributed by atoms with Gasteiger partial charge in [0.2, 0.25) is 0 Å². The molecule has 0 spiro atoms. The van der Waals surface area contributed by atoms with Crippen molar-refractivity contribution in [2.75, 3.05) is 26.2 Å². The summed E-state index contributed by atoms with van der Waals surface area (Å²) in [5.41, 5.74) is 2.22. The molecule has 0 unspecified atom stereocenters. The van der Waals surface area contributed by atoms with Gasteiger partial charge in [0.25, 0.3) is 5.56 Å². The zero-order chi connectivity index (χ0) is 13.1. The lowest BCUT2D eigenvalue weighted by Crippen LogP contribution is -2.32. The second-order valence-electron chi connectivity index (χ2n) is 5.51. The molecule has 3 rings (SSSR count). The molecule has 1 aromatic rings. The molecule has 0 saturated carbocycles. The minimum Gasteiger partial charge on any atom is -0.312 e. The van der Waals surface area contributed by atoms with E-state index in [4.69, 9.17) is 0 Å². The monoisotopic (exact) mass is 262 g/mol. The molecule has 1 N–H and O–H groups in total. The molecule has 0 atom stereocenters. The minimum absolute atomic E-state index is 0.0453. The van der Waals surface area contributed by atoms with Crippen LogP contribution in [0.25, 0.3) is 0 Å². The minimum atomic E-state index is 0.0453. The average Bonchev–Trinajstić information content (AvgIpc) is 2.92. The summed E-state index contributed by atoms with van der Waals surface area (Å²) in [4.78, 5) is 14.5. The van der Waals surface area contributed by atoms with Crippen molar-refractivity contribution in [1.82, 2.24) is 20.0 Å². The van der Waals surface area contributed by atoms with Crippen LogP contribution in [0.2, 0.25) is 0 Å². The Kier molecular flexibility index (Phi) is 3.94. The second-order valence-corrected chi connectivity index (χ2v) is 5.51. The Hall–Kier alpha value is -1.20. The molecule has 0 bridgehead atoms. The Balaban J connectivity index is 1.62. The van der Waals surface area contributed by atoms with E-state index in [0.717, 1.165) is 50.3 Å². The molecule has 104 valence electrons. The SMILES string of the molecule is O=c1cc2c(nn1CCCN1CCCC1)CCNC2. The summed E-state index contributed by atoms with van der Waals surface area (Å²) < 4.78 is 1.65. The van der Waals surface area contributed by atoms with Gasteiger partial charge in [0, 0.05) is 32.1 Å². The Morgan fingerprint density at radius 3 is 2.95 bits per heavy atom. The summed E-state index contributed by atoms with van der Waals surface area (Å²) in [6.45, 7) is 6.03. The Morgan fingerprint density at radius 2 is 2.11 bits per heavy atom. The highest BCUT2D eigenvalue weighted by molar-refractivity contribution is 5.20. The number of hydrogen-bond donors (Lipinski definition) is 1. The topological polar surface area (TPSA) is 50.2 Å². The van der Waals surface area contributed by atoms with Gasteiger partial charge in [-0.3, -0.25) is 4.79 Å². The van der Waals surface area contributed by atoms with Crippen LogP contribution in [0.15, 0.2) is 10.9 Å². The van der Waals surface area contributed by atoms with Crippen LogP contribution in [0.3, 0.4) is 0 Å². The molecule has 19 heavy (non-hydrogen) atoms. The first-order chi connectivity index (χ1) is 9.33. The van der Waals surface area contributed by atoms with E-state index in [-0.39, 0.29) is 5.56 Å². The molecule has 1 saturated heterocycles. The summed E-state index contributed by atoms with van der Waals surface area (Å²) >= 11 is 0. The van der Waals surface area contributed by atoms with Crippen molar-refractivity contribution in [2.45, 2.75) is 38.8 Å². The first-order valence-corrected chi connectivity index (χ1v) is 7.36. The van der Waals surface area contributed by atoms with Gasteiger partial charge in [-0.15, -0.1) is 0 Å². The number of hydrogen-bond acceptors (Lipinski definition) is 4. The molecule has 0 aliphatic carbocycles. The summed E-state index contributed by atoms with van der Waals surface area (Å²) in [5.74, 6) is 0. The van der Waals surface area contributed by atoms with Crippen molar-refractivity contribution in [3.8, 4) is 0 Å². The molecule has 2 aliphatic heterocycles. The third-order valence-electron chi connectivity index (χ3n) is 4.06. The van der Waals surface area contributed by atoms with Gasteiger partial charge in [-0.1, -0.05) is 0 Å². The van der Waals surface area contributed by atoms with Crippen LogP contribution in [0.4, 0.5) is 0 Å². The molecule has 1 aromatic heterocycles. The first-order valence-electron chi connectivity index (χ1n) is 7.36. The van der Waals surface area contributed by atoms with Crippen molar-refractivity contribution in [3.63, 3.8) is 0 Å². The van der Waals surface area contributed by atoms with Crippen molar-refractivity contribution in [2.24, 2.45) is 0 Å². The van der Waals surface area contributed by atoms with E-state index in [1.807, 2.05) is 0 Å². The number of aromatic nitrogens is 2. The number of nitrogens with zero attached hydrogens (tertiary/aromatic N) is 3. The van der Waals surface area contributed by atoms with E-state index in [0.29, 0.717) is 0 Å². The third-order valence-corrected chi connectivity index (χ3v) is 4.06. The van der Waals surface area contributed by atoms with E-state index in [1.165, 1.54) is 25.9 Å². The molecule has 1 fully saturated rings.